The molecule has 0 radical (unpaired) electrons. The first-order valence-corrected chi connectivity index (χ1v) is 15.7. The molecule has 3 rings (SSSR count). The molecule has 3 aromatic rings. The molecule has 0 amide bonds. The van der Waals surface area contributed by atoms with Gasteiger partial charge in [-0.1, -0.05) is 12.1 Å². The highest BCUT2D eigenvalue weighted by Crippen LogP contribution is 2.35. The minimum Gasteiger partial charge on any atom is -0.481 e. The van der Waals surface area contributed by atoms with Crippen molar-refractivity contribution >= 4 is 27.3 Å². The maximum Gasteiger partial charge on any atom is 0.416 e. The van der Waals surface area contributed by atoms with Crippen molar-refractivity contribution < 1.29 is 36.6 Å². The fourth-order valence-corrected chi connectivity index (χ4v) is 6.37. The number of aliphatic carboxylic acids is 1. The zero-order valence-electron chi connectivity index (χ0n) is 23.7. The number of β-amino-alcohol motifs (C(OH)–C–C–N with tert-alkyl or cyclic N) is 1. The number of thiophene rings is 1. The van der Waals surface area contributed by atoms with Crippen LogP contribution in [0.4, 0.5) is 13.2 Å². The number of aliphatic hydroxyl groups excluding tert-OH is 1. The van der Waals surface area contributed by atoms with Crippen LogP contribution in [0.1, 0.15) is 49.1 Å². The molecule has 0 fully saturated rings. The molecule has 3 N–H and O–H groups in total. The van der Waals surface area contributed by atoms with Crippen molar-refractivity contribution in [1.82, 2.24) is 14.6 Å². The number of alkyl halides is 3. The second-order valence-corrected chi connectivity index (χ2v) is 13.9. The summed E-state index contributed by atoms with van der Waals surface area (Å²) in [6.45, 7) is 3.75. The molecule has 42 heavy (non-hydrogen) atoms. The smallest absolute Gasteiger partial charge is 0.416 e. The number of rotatable bonds is 15. The Labute approximate surface area is 248 Å². The number of benzene rings is 1. The lowest BCUT2D eigenvalue weighted by Crippen LogP contribution is -2.46. The van der Waals surface area contributed by atoms with E-state index in [0.717, 1.165) is 35.7 Å². The summed E-state index contributed by atoms with van der Waals surface area (Å²) >= 11 is 1.70. The van der Waals surface area contributed by atoms with E-state index in [1.807, 2.05) is 25.3 Å². The molecule has 2 aromatic heterocycles. The Morgan fingerprint density at radius 3 is 2.48 bits per heavy atom. The Morgan fingerprint density at radius 2 is 1.88 bits per heavy atom. The molecule has 0 bridgehead atoms. The predicted octanol–water partition coefficient (Wildman–Crippen LogP) is 5.22. The van der Waals surface area contributed by atoms with E-state index in [-0.39, 0.29) is 42.7 Å². The summed E-state index contributed by atoms with van der Waals surface area (Å²) in [6.07, 6.45) is -1.81. The van der Waals surface area contributed by atoms with E-state index in [2.05, 4.69) is 16.4 Å². The van der Waals surface area contributed by atoms with Crippen LogP contribution in [0.3, 0.4) is 0 Å². The Balaban J connectivity index is 1.71. The van der Waals surface area contributed by atoms with E-state index < -0.39 is 38.7 Å². The average molecular weight is 628 g/mol. The van der Waals surface area contributed by atoms with E-state index >= 15 is 0 Å². The summed E-state index contributed by atoms with van der Waals surface area (Å²) < 4.78 is 68.8. The maximum atomic E-state index is 13.8. The Morgan fingerprint density at radius 1 is 1.14 bits per heavy atom. The van der Waals surface area contributed by atoms with Gasteiger partial charge in [0.15, 0.2) is 0 Å². The van der Waals surface area contributed by atoms with Crippen LogP contribution in [-0.2, 0) is 33.8 Å². The van der Waals surface area contributed by atoms with Crippen LogP contribution in [0.25, 0.3) is 11.3 Å². The molecule has 2 heterocycles. The molecule has 13 heteroatoms. The largest absolute Gasteiger partial charge is 0.481 e. The maximum absolute atomic E-state index is 13.8. The van der Waals surface area contributed by atoms with Gasteiger partial charge in [0.1, 0.15) is 0 Å². The average Bonchev–Trinajstić information content (AvgIpc) is 3.44. The van der Waals surface area contributed by atoms with Crippen molar-refractivity contribution in [2.24, 2.45) is 0 Å². The summed E-state index contributed by atoms with van der Waals surface area (Å²) in [7, 11) is -3.20. The van der Waals surface area contributed by atoms with Crippen LogP contribution in [-0.4, -0.2) is 65.7 Å². The molecule has 1 unspecified atom stereocenters. The fourth-order valence-electron chi connectivity index (χ4n) is 4.34. The van der Waals surface area contributed by atoms with E-state index in [4.69, 9.17) is 5.11 Å². The minimum absolute atomic E-state index is 0.0619. The topological polar surface area (TPSA) is 120 Å². The van der Waals surface area contributed by atoms with Crippen LogP contribution in [0.15, 0.2) is 58.9 Å². The van der Waals surface area contributed by atoms with Gasteiger partial charge in [0.25, 0.3) is 0 Å². The van der Waals surface area contributed by atoms with Gasteiger partial charge in [-0.2, -0.15) is 17.5 Å². The second-order valence-electron chi connectivity index (χ2n) is 10.8. The Kier molecular flexibility index (Phi) is 11.3. The first kappa shape index (κ1) is 33.7. The van der Waals surface area contributed by atoms with Gasteiger partial charge in [-0.05, 0) is 80.8 Å². The lowest BCUT2D eigenvalue weighted by molar-refractivity contribution is -0.138. The van der Waals surface area contributed by atoms with Gasteiger partial charge in [0, 0.05) is 48.7 Å². The standard InChI is InChI=1S/C29H36F3N3O5S2/c1-28(2,12-4-6-24-7-5-13-41-24)34-18-23(36)19-35(3)42(39,40)25-15-21(14-22(16-25)29(30,31)32)26-10-8-20(17-33-26)9-11-27(37)38/h5,7-8,10,13-17,23,34,36H,4,6,9,11-12,18-19H2,1-3H3,(H,37,38). The normalized spacial score (nSPS) is 13.4. The zero-order valence-corrected chi connectivity index (χ0v) is 25.3. The summed E-state index contributed by atoms with van der Waals surface area (Å²) in [5.41, 5.74) is -0.857. The molecule has 230 valence electrons. The number of carbonyl (C=O) groups is 1. The van der Waals surface area contributed by atoms with Crippen molar-refractivity contribution in [1.29, 1.82) is 0 Å². The highest BCUT2D eigenvalue weighted by atomic mass is 32.2. The highest BCUT2D eigenvalue weighted by Gasteiger charge is 2.34. The molecule has 8 nitrogen and oxygen atoms in total. The van der Waals surface area contributed by atoms with Crippen molar-refractivity contribution in [3.05, 3.63) is 70.0 Å². The number of hydrogen-bond donors (Lipinski definition) is 3. The molecule has 0 spiro atoms. The molecular weight excluding hydrogens is 591 g/mol. The molecule has 1 aromatic carbocycles. The molecule has 1 atom stereocenters. The number of carboxylic acid groups (broad SMARTS) is 1. The van der Waals surface area contributed by atoms with E-state index in [1.165, 1.54) is 24.2 Å². The van der Waals surface area contributed by atoms with Gasteiger partial charge >= 0.3 is 12.1 Å². The molecule has 0 aliphatic heterocycles. The molecule has 0 aliphatic carbocycles. The molecule has 0 aliphatic rings. The van der Waals surface area contributed by atoms with Gasteiger partial charge in [-0.15, -0.1) is 11.3 Å². The summed E-state index contributed by atoms with van der Waals surface area (Å²) in [5, 5.41) is 24.7. The van der Waals surface area contributed by atoms with Crippen molar-refractivity contribution in [2.45, 2.75) is 68.7 Å². The van der Waals surface area contributed by atoms with Crippen LogP contribution in [0, 0.1) is 0 Å². The molecule has 0 saturated carbocycles. The molecular formula is C29H36F3N3O5S2. The minimum atomic E-state index is -4.82. The van der Waals surface area contributed by atoms with Gasteiger partial charge < -0.3 is 15.5 Å². The summed E-state index contributed by atoms with van der Waals surface area (Å²) in [4.78, 5) is 15.6. The van der Waals surface area contributed by atoms with Crippen molar-refractivity contribution in [3.8, 4) is 11.3 Å². The lowest BCUT2D eigenvalue weighted by Gasteiger charge is -2.29. The predicted molar refractivity (Wildman–Crippen MR) is 156 cm³/mol. The number of nitrogens with zero attached hydrogens (tertiary/aromatic N) is 2. The first-order valence-electron chi connectivity index (χ1n) is 13.4. The third-order valence-electron chi connectivity index (χ3n) is 6.78. The number of carboxylic acids is 1. The number of sulfonamides is 1. The van der Waals surface area contributed by atoms with Crippen LogP contribution >= 0.6 is 11.3 Å². The van der Waals surface area contributed by atoms with Gasteiger partial charge in [-0.25, -0.2) is 8.42 Å². The Bertz CT molecular complexity index is 1430. The number of aryl methyl sites for hydroxylation is 2. The zero-order chi connectivity index (χ0) is 31.1. The third kappa shape index (κ3) is 9.87. The number of aliphatic hydroxyl groups is 1. The first-order chi connectivity index (χ1) is 19.6. The summed E-state index contributed by atoms with van der Waals surface area (Å²) in [5.74, 6) is -0.995. The van der Waals surface area contributed by atoms with Gasteiger partial charge in [-0.3, -0.25) is 9.78 Å². The number of nitrogens with one attached hydrogen (secondary N) is 1. The SMILES string of the molecule is CN(CC(O)CNC(C)(C)CCCc1cccs1)S(=O)(=O)c1cc(-c2ccc(CCC(=O)O)cn2)cc(C(F)(F)F)c1. The van der Waals surface area contributed by atoms with Crippen LogP contribution < -0.4 is 5.32 Å². The number of likely N-dealkylation sites (N-methyl/N-ethyl adjacent to an activating group) is 1. The molecule has 0 saturated heterocycles. The van der Waals surface area contributed by atoms with Crippen LogP contribution in [0.2, 0.25) is 0 Å². The number of aromatic nitrogens is 1. The van der Waals surface area contributed by atoms with Crippen LogP contribution in [0.5, 0.6) is 0 Å². The van der Waals surface area contributed by atoms with E-state index in [1.54, 1.807) is 17.4 Å². The Hall–Kier alpha value is -2.84. The van der Waals surface area contributed by atoms with E-state index in [0.29, 0.717) is 11.6 Å². The monoisotopic (exact) mass is 627 g/mol. The third-order valence-corrected chi connectivity index (χ3v) is 9.52. The lowest BCUT2D eigenvalue weighted by atomic mass is 9.96. The fraction of sp³-hybridized carbons (Fsp3) is 0.448. The van der Waals surface area contributed by atoms with Gasteiger partial charge in [0.05, 0.1) is 22.3 Å². The quantitative estimate of drug-likeness (QED) is 0.211. The number of hydrogen-bond acceptors (Lipinski definition) is 7. The number of pyridine rings is 1. The second kappa shape index (κ2) is 14.1. The van der Waals surface area contributed by atoms with Crippen molar-refractivity contribution in [3.63, 3.8) is 0 Å². The van der Waals surface area contributed by atoms with Gasteiger partial charge in [0.2, 0.25) is 10.0 Å². The van der Waals surface area contributed by atoms with E-state index in [9.17, 15) is 31.5 Å². The highest BCUT2D eigenvalue weighted by molar-refractivity contribution is 7.89. The van der Waals surface area contributed by atoms with Crippen molar-refractivity contribution in [2.75, 3.05) is 20.1 Å². The summed E-state index contributed by atoms with van der Waals surface area (Å²) in [6, 6.07) is 9.54. The number of halogens is 3.